The minimum absolute atomic E-state index is 0. The van der Waals surface area contributed by atoms with Crippen LogP contribution in [-0.4, -0.2) is 47.5 Å². The largest absolute Gasteiger partial charge is 0.490 e. The minimum Gasteiger partial charge on any atom is -0.490 e. The van der Waals surface area contributed by atoms with E-state index < -0.39 is 0 Å². The van der Waals surface area contributed by atoms with Gasteiger partial charge in [0.1, 0.15) is 0 Å². The number of hydrogen-bond donors (Lipinski definition) is 2. The van der Waals surface area contributed by atoms with Crippen LogP contribution in [0.25, 0.3) is 5.82 Å². The second-order valence-corrected chi connectivity index (χ2v) is 6.72. The van der Waals surface area contributed by atoms with Gasteiger partial charge in [0.15, 0.2) is 23.3 Å². The van der Waals surface area contributed by atoms with Crippen LogP contribution in [-0.2, 0) is 13.0 Å². The second kappa shape index (κ2) is 13.6. The van der Waals surface area contributed by atoms with E-state index in [2.05, 4.69) is 31.8 Å². The van der Waals surface area contributed by atoms with Crippen molar-refractivity contribution in [3.05, 3.63) is 66.1 Å². The molecule has 0 unspecified atom stereocenters. The van der Waals surface area contributed by atoms with Crippen LogP contribution in [0.15, 0.2) is 60.0 Å². The number of nitrogens with one attached hydrogen (secondary N) is 2. The number of hydrogen-bond acceptors (Lipinski definition) is 5. The highest BCUT2D eigenvalue weighted by molar-refractivity contribution is 14.0. The van der Waals surface area contributed by atoms with E-state index in [0.717, 1.165) is 41.8 Å². The maximum absolute atomic E-state index is 5.71. The van der Waals surface area contributed by atoms with Crippen molar-refractivity contribution in [1.82, 2.24) is 25.4 Å². The van der Waals surface area contributed by atoms with Crippen LogP contribution in [0.4, 0.5) is 0 Å². The Kier molecular flexibility index (Phi) is 10.8. The first-order valence-electron chi connectivity index (χ1n) is 10.5. The molecule has 32 heavy (non-hydrogen) atoms. The van der Waals surface area contributed by atoms with Crippen LogP contribution in [0.5, 0.6) is 11.5 Å². The highest BCUT2D eigenvalue weighted by Crippen LogP contribution is 2.28. The number of nitrogens with zero attached hydrogens (tertiary/aromatic N) is 4. The van der Waals surface area contributed by atoms with E-state index in [0.29, 0.717) is 19.8 Å². The summed E-state index contributed by atoms with van der Waals surface area (Å²) in [7, 11) is 1.77. The molecule has 0 aliphatic carbocycles. The number of aromatic nitrogens is 3. The van der Waals surface area contributed by atoms with Gasteiger partial charge in [-0.3, -0.25) is 4.99 Å². The van der Waals surface area contributed by atoms with Crippen molar-refractivity contribution in [1.29, 1.82) is 0 Å². The van der Waals surface area contributed by atoms with E-state index >= 15 is 0 Å². The third-order valence-corrected chi connectivity index (χ3v) is 4.55. The van der Waals surface area contributed by atoms with Gasteiger partial charge in [0.25, 0.3) is 0 Å². The molecule has 0 saturated carbocycles. The maximum atomic E-state index is 5.71. The molecule has 0 fully saturated rings. The van der Waals surface area contributed by atoms with E-state index in [1.54, 1.807) is 24.1 Å². The summed E-state index contributed by atoms with van der Waals surface area (Å²) < 4.78 is 13.1. The summed E-state index contributed by atoms with van der Waals surface area (Å²) in [5.41, 5.74) is 2.27. The molecular weight excluding hydrogens is 519 g/mol. The van der Waals surface area contributed by atoms with Crippen LogP contribution in [0.3, 0.4) is 0 Å². The van der Waals surface area contributed by atoms with Gasteiger partial charge in [-0.2, -0.15) is 5.10 Å². The Morgan fingerprint density at radius 1 is 1.00 bits per heavy atom. The van der Waals surface area contributed by atoms with Crippen LogP contribution in [0.2, 0.25) is 0 Å². The molecule has 0 amide bonds. The highest BCUT2D eigenvalue weighted by Gasteiger charge is 2.07. The van der Waals surface area contributed by atoms with Crippen LogP contribution in [0.1, 0.15) is 25.0 Å². The first kappa shape index (κ1) is 25.4. The van der Waals surface area contributed by atoms with Crippen LogP contribution < -0.4 is 20.1 Å². The minimum atomic E-state index is 0. The van der Waals surface area contributed by atoms with Gasteiger partial charge < -0.3 is 20.1 Å². The summed E-state index contributed by atoms with van der Waals surface area (Å²) in [6, 6.07) is 11.9. The molecule has 0 saturated heterocycles. The molecule has 1 aromatic carbocycles. The van der Waals surface area contributed by atoms with E-state index in [1.807, 2.05) is 50.4 Å². The smallest absolute Gasteiger partial charge is 0.191 e. The Bertz CT molecular complexity index is 978. The number of halogens is 1. The van der Waals surface area contributed by atoms with E-state index in [4.69, 9.17) is 9.47 Å². The summed E-state index contributed by atoms with van der Waals surface area (Å²) in [5, 5.41) is 10.9. The lowest BCUT2D eigenvalue weighted by molar-refractivity contribution is 0.287. The Morgan fingerprint density at radius 3 is 2.53 bits per heavy atom. The SMILES string of the molecule is CCOc1ccc(CCNC(=NC)NCc2ccnc(-n3cccn3)c2)cc1OCC.I. The van der Waals surface area contributed by atoms with Gasteiger partial charge >= 0.3 is 0 Å². The Labute approximate surface area is 206 Å². The Morgan fingerprint density at radius 2 is 1.81 bits per heavy atom. The Balaban J connectivity index is 0.00000363. The van der Waals surface area contributed by atoms with Crippen molar-refractivity contribution in [3.8, 4) is 17.3 Å². The summed E-state index contributed by atoms with van der Waals surface area (Å²) in [5.74, 6) is 3.10. The average molecular weight is 550 g/mol. The number of benzene rings is 1. The summed E-state index contributed by atoms with van der Waals surface area (Å²) in [6.45, 7) is 6.54. The third kappa shape index (κ3) is 7.40. The molecule has 0 bridgehead atoms. The zero-order valence-corrected chi connectivity index (χ0v) is 21.1. The fourth-order valence-electron chi connectivity index (χ4n) is 3.08. The van der Waals surface area contributed by atoms with E-state index in [9.17, 15) is 0 Å². The molecule has 2 aromatic heterocycles. The van der Waals surface area contributed by atoms with Crippen molar-refractivity contribution >= 4 is 29.9 Å². The molecule has 9 heteroatoms. The van der Waals surface area contributed by atoms with E-state index in [-0.39, 0.29) is 24.0 Å². The monoisotopic (exact) mass is 550 g/mol. The number of rotatable bonds is 10. The fraction of sp³-hybridized carbons (Fsp3) is 0.348. The molecule has 2 heterocycles. The second-order valence-electron chi connectivity index (χ2n) is 6.72. The maximum Gasteiger partial charge on any atom is 0.191 e. The molecule has 0 atom stereocenters. The van der Waals surface area contributed by atoms with Gasteiger partial charge in [-0.05, 0) is 61.7 Å². The summed E-state index contributed by atoms with van der Waals surface area (Å²) in [4.78, 5) is 8.67. The van der Waals surface area contributed by atoms with Crippen molar-refractivity contribution in [2.75, 3.05) is 26.8 Å². The molecule has 0 radical (unpaired) electrons. The van der Waals surface area contributed by atoms with Crippen molar-refractivity contribution in [2.45, 2.75) is 26.8 Å². The molecular formula is C23H31IN6O2. The van der Waals surface area contributed by atoms with Crippen molar-refractivity contribution in [2.24, 2.45) is 4.99 Å². The lowest BCUT2D eigenvalue weighted by Crippen LogP contribution is -2.37. The Hall–Kier alpha value is -2.82. The molecule has 0 spiro atoms. The number of pyridine rings is 1. The lowest BCUT2D eigenvalue weighted by Gasteiger charge is -2.14. The number of aliphatic imine (C=N–C) groups is 1. The molecule has 2 N–H and O–H groups in total. The number of ether oxygens (including phenoxy) is 2. The van der Waals surface area contributed by atoms with Crippen molar-refractivity contribution in [3.63, 3.8) is 0 Å². The fourth-order valence-corrected chi connectivity index (χ4v) is 3.08. The van der Waals surface area contributed by atoms with Gasteiger partial charge in [0.2, 0.25) is 0 Å². The molecule has 172 valence electrons. The summed E-state index contributed by atoms with van der Waals surface area (Å²) in [6.07, 6.45) is 6.23. The number of guanidine groups is 1. The molecule has 0 aliphatic heterocycles. The van der Waals surface area contributed by atoms with Gasteiger partial charge in [-0.15, -0.1) is 24.0 Å². The normalized spacial score (nSPS) is 10.9. The average Bonchev–Trinajstić information content (AvgIpc) is 3.33. The summed E-state index contributed by atoms with van der Waals surface area (Å²) >= 11 is 0. The topological polar surface area (TPSA) is 85.6 Å². The molecule has 8 nitrogen and oxygen atoms in total. The van der Waals surface area contributed by atoms with Crippen molar-refractivity contribution < 1.29 is 9.47 Å². The third-order valence-electron chi connectivity index (χ3n) is 4.55. The molecule has 0 aliphatic rings. The van der Waals surface area contributed by atoms with Crippen LogP contribution in [0, 0.1) is 0 Å². The predicted octanol–water partition coefficient (Wildman–Crippen LogP) is 3.59. The molecule has 3 aromatic rings. The zero-order valence-electron chi connectivity index (χ0n) is 18.7. The van der Waals surface area contributed by atoms with Gasteiger partial charge in [-0.25, -0.2) is 9.67 Å². The van der Waals surface area contributed by atoms with E-state index in [1.165, 1.54) is 5.56 Å². The predicted molar refractivity (Wildman–Crippen MR) is 137 cm³/mol. The van der Waals surface area contributed by atoms with Gasteiger partial charge in [-0.1, -0.05) is 6.07 Å². The van der Waals surface area contributed by atoms with Gasteiger partial charge in [0.05, 0.1) is 13.2 Å². The lowest BCUT2D eigenvalue weighted by atomic mass is 10.1. The first-order chi connectivity index (χ1) is 15.2. The first-order valence-corrected chi connectivity index (χ1v) is 10.5. The van der Waals surface area contributed by atoms with Gasteiger partial charge in [0, 0.05) is 38.7 Å². The zero-order chi connectivity index (χ0) is 21.9. The standard InChI is InChI=1S/C23H30N6O2.HI/c1-4-30-20-8-7-18(15-21(20)31-5-2)9-13-26-23(24-3)27-17-19-10-12-25-22(16-19)29-14-6-11-28-29;/h6-8,10-12,14-16H,4-5,9,13,17H2,1-3H3,(H2,24,26,27);1H. The highest BCUT2D eigenvalue weighted by atomic mass is 127. The molecule has 3 rings (SSSR count). The quantitative estimate of drug-likeness (QED) is 0.228. The van der Waals surface area contributed by atoms with Crippen LogP contribution >= 0.6 is 24.0 Å².